The quantitative estimate of drug-likeness (QED) is 0.672. The topological polar surface area (TPSA) is 43.9 Å². The number of hydrogen-bond donors (Lipinski definition) is 0. The first kappa shape index (κ1) is 15.3. The zero-order chi connectivity index (χ0) is 14.5. The van der Waals surface area contributed by atoms with Crippen molar-refractivity contribution < 1.29 is 9.59 Å². The van der Waals surface area contributed by atoms with Crippen LogP contribution >= 0.6 is 0 Å². The third kappa shape index (κ3) is 3.72. The third-order valence-electron chi connectivity index (χ3n) is 4.63. The molecule has 0 spiro atoms. The van der Waals surface area contributed by atoms with E-state index in [1.165, 1.54) is 12.8 Å². The van der Waals surface area contributed by atoms with Gasteiger partial charge in [-0.3, -0.25) is 9.59 Å². The van der Waals surface area contributed by atoms with Crippen LogP contribution in [0.25, 0.3) is 0 Å². The fourth-order valence-electron chi connectivity index (χ4n) is 3.11. The summed E-state index contributed by atoms with van der Waals surface area (Å²) in [5.41, 5.74) is 0. The monoisotopic (exact) mass is 281 g/mol. The van der Waals surface area contributed by atoms with E-state index in [0.717, 1.165) is 51.9 Å². The lowest BCUT2D eigenvalue weighted by Gasteiger charge is -2.35. The van der Waals surface area contributed by atoms with E-state index in [9.17, 15) is 9.59 Å². The minimum absolute atomic E-state index is 0.217. The second kappa shape index (κ2) is 7.07. The van der Waals surface area contributed by atoms with Gasteiger partial charge in [-0.25, -0.2) is 0 Å². The van der Waals surface area contributed by atoms with Gasteiger partial charge in [-0.2, -0.15) is 0 Å². The normalized spacial score (nSPS) is 22.4. The summed E-state index contributed by atoms with van der Waals surface area (Å²) in [6.07, 6.45) is 6.32. The van der Waals surface area contributed by atoms with Crippen molar-refractivity contribution in [3.05, 3.63) is 0 Å². The zero-order valence-electron chi connectivity index (χ0n) is 12.8. The lowest BCUT2D eigenvalue weighted by Crippen LogP contribution is -2.50. The average molecular weight is 281 g/mol. The number of carbonyl (C=O) groups is 2. The summed E-state index contributed by atoms with van der Waals surface area (Å²) in [5, 5.41) is 0. The first-order valence-corrected chi connectivity index (χ1v) is 7.84. The van der Waals surface area contributed by atoms with Crippen LogP contribution in [-0.4, -0.2) is 72.8 Å². The molecule has 20 heavy (non-hydrogen) atoms. The fraction of sp³-hybridized carbons (Fsp3) is 0.867. The highest BCUT2D eigenvalue weighted by Gasteiger charge is 2.30. The molecule has 0 atom stereocenters. The SMILES string of the molecule is CN1CCC(N(C)C(=O)C(=O)N2CCCCCC2)CC1. The van der Waals surface area contributed by atoms with Gasteiger partial charge >= 0.3 is 11.8 Å². The first-order valence-electron chi connectivity index (χ1n) is 7.84. The number of likely N-dealkylation sites (tertiary alicyclic amines) is 2. The summed E-state index contributed by atoms with van der Waals surface area (Å²) in [6.45, 7) is 3.48. The Morgan fingerprint density at radius 3 is 2.05 bits per heavy atom. The van der Waals surface area contributed by atoms with Crippen LogP contribution < -0.4 is 0 Å². The van der Waals surface area contributed by atoms with Crippen LogP contribution in [0.15, 0.2) is 0 Å². The van der Waals surface area contributed by atoms with Crippen LogP contribution in [-0.2, 0) is 9.59 Å². The molecule has 5 nitrogen and oxygen atoms in total. The molecule has 2 fully saturated rings. The maximum absolute atomic E-state index is 12.4. The van der Waals surface area contributed by atoms with Crippen molar-refractivity contribution >= 4 is 11.8 Å². The molecule has 0 aromatic carbocycles. The van der Waals surface area contributed by atoms with Gasteiger partial charge in [-0.15, -0.1) is 0 Å². The summed E-state index contributed by atoms with van der Waals surface area (Å²) < 4.78 is 0. The van der Waals surface area contributed by atoms with Crippen LogP contribution in [0, 0.1) is 0 Å². The molecule has 5 heteroatoms. The molecule has 0 saturated carbocycles. The highest BCUT2D eigenvalue weighted by Crippen LogP contribution is 2.16. The van der Waals surface area contributed by atoms with E-state index in [4.69, 9.17) is 0 Å². The molecule has 0 aliphatic carbocycles. The molecule has 0 unspecified atom stereocenters. The predicted octanol–water partition coefficient (Wildman–Crippen LogP) is 0.942. The minimum Gasteiger partial charge on any atom is -0.334 e. The second-order valence-electron chi connectivity index (χ2n) is 6.16. The molecule has 2 saturated heterocycles. The van der Waals surface area contributed by atoms with Gasteiger partial charge in [0.15, 0.2) is 0 Å². The van der Waals surface area contributed by atoms with Crippen molar-refractivity contribution in [3.63, 3.8) is 0 Å². The fourth-order valence-corrected chi connectivity index (χ4v) is 3.11. The molecular weight excluding hydrogens is 254 g/mol. The van der Waals surface area contributed by atoms with Gasteiger partial charge in [0.2, 0.25) is 0 Å². The van der Waals surface area contributed by atoms with Crippen molar-refractivity contribution in [1.82, 2.24) is 14.7 Å². The smallest absolute Gasteiger partial charge is 0.312 e. The molecular formula is C15H27N3O2. The van der Waals surface area contributed by atoms with Crippen LogP contribution in [0.5, 0.6) is 0 Å². The first-order chi connectivity index (χ1) is 9.59. The lowest BCUT2D eigenvalue weighted by atomic mass is 10.0. The van der Waals surface area contributed by atoms with E-state index in [0.29, 0.717) is 0 Å². The van der Waals surface area contributed by atoms with Crippen LogP contribution in [0.3, 0.4) is 0 Å². The Bertz CT molecular complexity index is 343. The molecule has 0 radical (unpaired) electrons. The van der Waals surface area contributed by atoms with Gasteiger partial charge in [0, 0.05) is 26.2 Å². The molecule has 2 rings (SSSR count). The Hall–Kier alpha value is -1.10. The number of carbonyl (C=O) groups excluding carboxylic acids is 2. The van der Waals surface area contributed by atoms with E-state index in [1.54, 1.807) is 16.8 Å². The molecule has 114 valence electrons. The van der Waals surface area contributed by atoms with Gasteiger partial charge in [0.25, 0.3) is 0 Å². The van der Waals surface area contributed by atoms with Gasteiger partial charge in [0.1, 0.15) is 0 Å². The Balaban J connectivity index is 1.90. The highest BCUT2D eigenvalue weighted by molar-refractivity contribution is 6.34. The van der Waals surface area contributed by atoms with Gasteiger partial charge in [-0.05, 0) is 45.8 Å². The van der Waals surface area contributed by atoms with Crippen LogP contribution in [0.4, 0.5) is 0 Å². The summed E-state index contributed by atoms with van der Waals surface area (Å²) in [6, 6.07) is 0.217. The van der Waals surface area contributed by atoms with Crippen molar-refractivity contribution in [2.24, 2.45) is 0 Å². The number of amides is 2. The van der Waals surface area contributed by atoms with Gasteiger partial charge in [-0.1, -0.05) is 12.8 Å². The summed E-state index contributed by atoms with van der Waals surface area (Å²) >= 11 is 0. The van der Waals surface area contributed by atoms with E-state index in [1.807, 2.05) is 0 Å². The van der Waals surface area contributed by atoms with E-state index >= 15 is 0 Å². The zero-order valence-corrected chi connectivity index (χ0v) is 12.8. The second-order valence-corrected chi connectivity index (χ2v) is 6.16. The molecule has 0 bridgehead atoms. The summed E-state index contributed by atoms with van der Waals surface area (Å²) in [7, 11) is 3.88. The van der Waals surface area contributed by atoms with E-state index in [2.05, 4.69) is 11.9 Å². The molecule has 2 amide bonds. The maximum Gasteiger partial charge on any atom is 0.312 e. The van der Waals surface area contributed by atoms with Crippen molar-refractivity contribution in [2.45, 2.75) is 44.6 Å². The summed E-state index contributed by atoms with van der Waals surface area (Å²) in [5.74, 6) is -0.616. The Kier molecular flexibility index (Phi) is 5.40. The van der Waals surface area contributed by atoms with Crippen LogP contribution in [0.1, 0.15) is 38.5 Å². The molecule has 2 aliphatic rings. The van der Waals surface area contributed by atoms with Gasteiger partial charge in [0.05, 0.1) is 0 Å². The predicted molar refractivity (Wildman–Crippen MR) is 78.3 cm³/mol. The van der Waals surface area contributed by atoms with Crippen molar-refractivity contribution in [2.75, 3.05) is 40.3 Å². The number of hydrogen-bond acceptors (Lipinski definition) is 3. The number of likely N-dealkylation sites (N-methyl/N-ethyl adjacent to an activating group) is 1. The lowest BCUT2D eigenvalue weighted by molar-refractivity contribution is -0.152. The molecule has 2 aliphatic heterocycles. The van der Waals surface area contributed by atoms with Crippen LogP contribution in [0.2, 0.25) is 0 Å². The summed E-state index contributed by atoms with van der Waals surface area (Å²) in [4.78, 5) is 30.4. The van der Waals surface area contributed by atoms with E-state index < -0.39 is 0 Å². The molecule has 0 N–H and O–H groups in total. The van der Waals surface area contributed by atoms with E-state index in [-0.39, 0.29) is 17.9 Å². The molecule has 0 aromatic rings. The molecule has 2 heterocycles. The maximum atomic E-state index is 12.4. The van der Waals surface area contributed by atoms with Gasteiger partial charge < -0.3 is 14.7 Å². The standard InChI is InChI=1S/C15H27N3O2/c1-16-11-7-13(8-12-16)17(2)14(19)15(20)18-9-5-3-4-6-10-18/h13H,3-12H2,1-2H3. The number of piperidine rings is 1. The Morgan fingerprint density at radius 1 is 0.950 bits per heavy atom. The molecule has 0 aromatic heterocycles. The third-order valence-corrected chi connectivity index (χ3v) is 4.63. The number of rotatable bonds is 1. The average Bonchev–Trinajstić information content (AvgIpc) is 2.75. The largest absolute Gasteiger partial charge is 0.334 e. The Labute approximate surface area is 121 Å². The van der Waals surface area contributed by atoms with Crippen molar-refractivity contribution in [3.8, 4) is 0 Å². The number of nitrogens with zero attached hydrogens (tertiary/aromatic N) is 3. The van der Waals surface area contributed by atoms with Crippen molar-refractivity contribution in [1.29, 1.82) is 0 Å². The Morgan fingerprint density at radius 2 is 1.50 bits per heavy atom. The minimum atomic E-state index is -0.318. The highest BCUT2D eigenvalue weighted by atomic mass is 16.2.